The van der Waals surface area contributed by atoms with Crippen LogP contribution < -0.4 is 10.6 Å². The molecule has 11 heteroatoms. The Labute approximate surface area is 194 Å². The normalized spacial score (nSPS) is 18.8. The molecule has 0 atom stereocenters. The van der Waals surface area contributed by atoms with Crippen LogP contribution in [0.2, 0.25) is 0 Å². The Morgan fingerprint density at radius 1 is 0.853 bits per heavy atom. The molecule has 190 valence electrons. The Balaban J connectivity index is 1.44. The fourth-order valence-corrected chi connectivity index (χ4v) is 4.51. The number of hydrogen-bond donors (Lipinski definition) is 2. The van der Waals surface area contributed by atoms with Gasteiger partial charge in [-0.05, 0) is 62.9 Å². The van der Waals surface area contributed by atoms with Crippen molar-refractivity contribution in [1.29, 1.82) is 0 Å². The van der Waals surface area contributed by atoms with E-state index in [1.54, 1.807) is 0 Å². The molecule has 2 amide bonds. The van der Waals surface area contributed by atoms with Gasteiger partial charge in [0.15, 0.2) is 0 Å². The fraction of sp³-hybridized carbons (Fsp3) is 0.652. The Kier molecular flexibility index (Phi) is 8.48. The zero-order chi connectivity index (χ0) is 24.9. The van der Waals surface area contributed by atoms with Gasteiger partial charge in [0.1, 0.15) is 0 Å². The third-order valence-corrected chi connectivity index (χ3v) is 6.56. The van der Waals surface area contributed by atoms with Crippen molar-refractivity contribution in [3.63, 3.8) is 0 Å². The van der Waals surface area contributed by atoms with E-state index in [0.717, 1.165) is 51.6 Å². The van der Waals surface area contributed by atoms with E-state index in [1.807, 2.05) is 0 Å². The monoisotopic (exact) mass is 493 g/mol. The summed E-state index contributed by atoms with van der Waals surface area (Å²) in [5.41, 5.74) is -3.70. The van der Waals surface area contributed by atoms with Gasteiger partial charge in [-0.15, -0.1) is 0 Å². The van der Waals surface area contributed by atoms with Gasteiger partial charge in [-0.3, -0.25) is 9.59 Å². The number of benzene rings is 1. The lowest BCUT2D eigenvalue weighted by Crippen LogP contribution is -2.42. The summed E-state index contributed by atoms with van der Waals surface area (Å²) in [4.78, 5) is 26.6. The predicted molar refractivity (Wildman–Crippen MR) is 113 cm³/mol. The highest BCUT2D eigenvalue weighted by Crippen LogP contribution is 2.36. The van der Waals surface area contributed by atoms with Gasteiger partial charge < -0.3 is 15.5 Å². The van der Waals surface area contributed by atoms with Crippen molar-refractivity contribution in [2.75, 3.05) is 32.7 Å². The lowest BCUT2D eigenvalue weighted by Gasteiger charge is -2.32. The number of piperidine rings is 1. The number of nitrogens with one attached hydrogen (secondary N) is 2. The molecule has 1 aliphatic carbocycles. The molecule has 2 N–H and O–H groups in total. The first kappa shape index (κ1) is 26.3. The molecule has 0 unspecified atom stereocenters. The standard InChI is InChI=1S/C23H29F6N3O2/c24-22(25,26)18-11-17(12-19(13-18)23(27,28)29)21(34)31-14-15-5-8-32(9-6-15)10-7-30-20(33)16-3-1-2-4-16/h11-13,15-16H,1-10,14H2,(H,30,33)(H,31,34). The third-order valence-electron chi connectivity index (χ3n) is 6.56. The fourth-order valence-electron chi connectivity index (χ4n) is 4.51. The zero-order valence-electron chi connectivity index (χ0n) is 18.7. The molecule has 0 aromatic heterocycles. The summed E-state index contributed by atoms with van der Waals surface area (Å²) in [6, 6.07) is 0.878. The first-order valence-corrected chi connectivity index (χ1v) is 11.5. The van der Waals surface area contributed by atoms with E-state index in [1.165, 1.54) is 0 Å². The molecule has 34 heavy (non-hydrogen) atoms. The van der Waals surface area contributed by atoms with Crippen LogP contribution in [-0.4, -0.2) is 49.4 Å². The average molecular weight is 493 g/mol. The highest BCUT2D eigenvalue weighted by atomic mass is 19.4. The predicted octanol–water partition coefficient (Wildman–Crippen LogP) is 4.47. The molecule has 1 heterocycles. The second-order valence-electron chi connectivity index (χ2n) is 9.06. The van der Waals surface area contributed by atoms with Crippen molar-refractivity contribution in [1.82, 2.24) is 15.5 Å². The van der Waals surface area contributed by atoms with Gasteiger partial charge >= 0.3 is 12.4 Å². The lowest BCUT2D eigenvalue weighted by atomic mass is 9.96. The second kappa shape index (κ2) is 11.0. The van der Waals surface area contributed by atoms with Crippen molar-refractivity contribution >= 4 is 11.8 Å². The summed E-state index contributed by atoms with van der Waals surface area (Å²) >= 11 is 0. The maximum Gasteiger partial charge on any atom is 0.416 e. The summed E-state index contributed by atoms with van der Waals surface area (Å²) < 4.78 is 78.0. The van der Waals surface area contributed by atoms with Crippen LogP contribution in [0.25, 0.3) is 0 Å². The first-order chi connectivity index (χ1) is 15.9. The summed E-state index contributed by atoms with van der Waals surface area (Å²) in [6.45, 7) is 2.92. The largest absolute Gasteiger partial charge is 0.416 e. The number of carbonyl (C=O) groups excluding carboxylic acids is 2. The minimum atomic E-state index is -5.00. The number of alkyl halides is 6. The number of halogens is 6. The molecule has 1 aromatic carbocycles. The maximum atomic E-state index is 13.0. The molecule has 1 saturated heterocycles. The molecule has 0 bridgehead atoms. The van der Waals surface area contributed by atoms with Crippen molar-refractivity contribution in [2.45, 2.75) is 50.9 Å². The molecule has 2 fully saturated rings. The number of nitrogens with zero attached hydrogens (tertiary/aromatic N) is 1. The van der Waals surface area contributed by atoms with E-state index >= 15 is 0 Å². The average Bonchev–Trinajstić information content (AvgIpc) is 3.32. The second-order valence-corrected chi connectivity index (χ2v) is 9.06. The summed E-state index contributed by atoms with van der Waals surface area (Å²) in [5.74, 6) is -0.661. The smallest absolute Gasteiger partial charge is 0.355 e. The van der Waals surface area contributed by atoms with Crippen LogP contribution in [0.3, 0.4) is 0 Å². The van der Waals surface area contributed by atoms with E-state index in [-0.39, 0.29) is 30.4 Å². The van der Waals surface area contributed by atoms with Crippen molar-refractivity contribution in [2.24, 2.45) is 11.8 Å². The molecule has 1 aromatic rings. The van der Waals surface area contributed by atoms with Gasteiger partial charge in [-0.1, -0.05) is 12.8 Å². The van der Waals surface area contributed by atoms with Gasteiger partial charge in [-0.2, -0.15) is 26.3 Å². The number of rotatable bonds is 7. The lowest BCUT2D eigenvalue weighted by molar-refractivity contribution is -0.143. The van der Waals surface area contributed by atoms with Gasteiger partial charge in [0.05, 0.1) is 11.1 Å². The topological polar surface area (TPSA) is 61.4 Å². The highest BCUT2D eigenvalue weighted by Gasteiger charge is 2.37. The van der Waals surface area contributed by atoms with Gasteiger partial charge in [-0.25, -0.2) is 0 Å². The van der Waals surface area contributed by atoms with Crippen LogP contribution >= 0.6 is 0 Å². The van der Waals surface area contributed by atoms with Crippen LogP contribution in [0.15, 0.2) is 18.2 Å². The summed E-state index contributed by atoms with van der Waals surface area (Å²) in [6.07, 6.45) is -4.46. The number of amides is 2. The van der Waals surface area contributed by atoms with E-state index in [9.17, 15) is 35.9 Å². The molecule has 5 nitrogen and oxygen atoms in total. The van der Waals surface area contributed by atoms with Crippen LogP contribution in [0.1, 0.15) is 60.0 Å². The Hall–Kier alpha value is -2.30. The van der Waals surface area contributed by atoms with Crippen LogP contribution in [0.4, 0.5) is 26.3 Å². The molecule has 0 spiro atoms. The molecule has 3 rings (SSSR count). The van der Waals surface area contributed by atoms with Crippen LogP contribution in [-0.2, 0) is 17.1 Å². The van der Waals surface area contributed by atoms with E-state index < -0.39 is 35.0 Å². The molecular weight excluding hydrogens is 464 g/mol. The van der Waals surface area contributed by atoms with E-state index in [4.69, 9.17) is 0 Å². The van der Waals surface area contributed by atoms with Gasteiger partial charge in [0.2, 0.25) is 5.91 Å². The quantitative estimate of drug-likeness (QED) is 0.551. The van der Waals surface area contributed by atoms with E-state index in [0.29, 0.717) is 25.2 Å². The van der Waals surface area contributed by atoms with Gasteiger partial charge in [0, 0.05) is 31.1 Å². The van der Waals surface area contributed by atoms with Crippen molar-refractivity contribution < 1.29 is 35.9 Å². The maximum absolute atomic E-state index is 13.0. The highest BCUT2D eigenvalue weighted by molar-refractivity contribution is 5.94. The third kappa shape index (κ3) is 7.35. The van der Waals surface area contributed by atoms with Crippen molar-refractivity contribution in [3.8, 4) is 0 Å². The van der Waals surface area contributed by atoms with Crippen molar-refractivity contribution in [3.05, 3.63) is 34.9 Å². The SMILES string of the molecule is O=C(NCC1CCN(CCNC(=O)C2CCCC2)CC1)c1cc(C(F)(F)F)cc(C(F)(F)F)c1. The summed E-state index contributed by atoms with van der Waals surface area (Å²) in [5, 5.41) is 5.45. The Morgan fingerprint density at radius 2 is 1.41 bits per heavy atom. The molecule has 0 radical (unpaired) electrons. The first-order valence-electron chi connectivity index (χ1n) is 11.5. The Morgan fingerprint density at radius 3 is 1.94 bits per heavy atom. The van der Waals surface area contributed by atoms with Gasteiger partial charge in [0.25, 0.3) is 5.91 Å². The van der Waals surface area contributed by atoms with E-state index in [2.05, 4.69) is 15.5 Å². The molecule has 1 aliphatic heterocycles. The molecule has 2 aliphatic rings. The molecule has 1 saturated carbocycles. The minimum absolute atomic E-state index is 0.00267. The molecular formula is C23H29F6N3O2. The van der Waals surface area contributed by atoms with Crippen LogP contribution in [0.5, 0.6) is 0 Å². The minimum Gasteiger partial charge on any atom is -0.355 e. The van der Waals surface area contributed by atoms with Crippen LogP contribution in [0, 0.1) is 11.8 Å². The Bertz CT molecular complexity index is 825. The zero-order valence-corrected chi connectivity index (χ0v) is 18.7. The number of carbonyl (C=O) groups is 2. The summed E-state index contributed by atoms with van der Waals surface area (Å²) in [7, 11) is 0. The number of likely N-dealkylation sites (tertiary alicyclic amines) is 1. The number of hydrogen-bond acceptors (Lipinski definition) is 3.